The lowest BCUT2D eigenvalue weighted by atomic mass is 10.2. The van der Waals surface area contributed by atoms with Gasteiger partial charge in [-0.05, 0) is 30.5 Å². The molecule has 0 unspecified atom stereocenters. The van der Waals surface area contributed by atoms with Gasteiger partial charge in [0.2, 0.25) is 5.91 Å². The molecule has 1 aliphatic heterocycles. The van der Waals surface area contributed by atoms with Crippen LogP contribution < -0.4 is 0 Å². The van der Waals surface area contributed by atoms with Crippen LogP contribution in [0.1, 0.15) is 23.8 Å². The summed E-state index contributed by atoms with van der Waals surface area (Å²) < 4.78 is 0. The Labute approximate surface area is 104 Å². The van der Waals surface area contributed by atoms with Crippen LogP contribution in [0.3, 0.4) is 0 Å². The number of thioether (sulfide) groups is 1. The van der Waals surface area contributed by atoms with Crippen LogP contribution in [-0.4, -0.2) is 22.6 Å². The van der Waals surface area contributed by atoms with Crippen molar-refractivity contribution in [1.82, 2.24) is 4.90 Å². The molecule has 84 valence electrons. The van der Waals surface area contributed by atoms with Gasteiger partial charge in [-0.1, -0.05) is 23.7 Å². The van der Waals surface area contributed by atoms with Gasteiger partial charge in [0.1, 0.15) is 5.37 Å². The van der Waals surface area contributed by atoms with Crippen molar-refractivity contribution >= 4 is 29.3 Å². The highest BCUT2D eigenvalue weighted by atomic mass is 35.5. The number of rotatable bonds is 2. The summed E-state index contributed by atoms with van der Waals surface area (Å²) in [6, 6.07) is 8.32. The molecule has 1 amide bonds. The van der Waals surface area contributed by atoms with Crippen molar-refractivity contribution < 1.29 is 4.79 Å². The van der Waals surface area contributed by atoms with Gasteiger partial charge in [0, 0.05) is 11.1 Å². The molecule has 0 radical (unpaired) electrons. The van der Waals surface area contributed by atoms with Gasteiger partial charge in [-0.25, -0.2) is 0 Å². The quantitative estimate of drug-likeness (QED) is 0.807. The number of amides is 1. The molecule has 0 aromatic heterocycles. The Balaban J connectivity index is 1.91. The van der Waals surface area contributed by atoms with E-state index in [1.165, 1.54) is 0 Å². The summed E-state index contributed by atoms with van der Waals surface area (Å²) >= 11 is 7.70. The Morgan fingerprint density at radius 3 is 2.88 bits per heavy atom. The van der Waals surface area contributed by atoms with Crippen LogP contribution in [-0.2, 0) is 4.79 Å². The Hall–Kier alpha value is -0.670. The summed E-state index contributed by atoms with van der Waals surface area (Å²) in [6.07, 6.45) is 2.31. The van der Waals surface area contributed by atoms with Crippen LogP contribution in [0.15, 0.2) is 24.3 Å². The van der Waals surface area contributed by atoms with Gasteiger partial charge in [0.05, 0.1) is 5.75 Å². The predicted octanol–water partition coefficient (Wildman–Crippen LogP) is 3.08. The molecule has 2 aliphatic rings. The molecule has 3 rings (SSSR count). The number of carbonyl (C=O) groups is 1. The van der Waals surface area contributed by atoms with E-state index in [1.54, 1.807) is 11.8 Å². The fourth-order valence-corrected chi connectivity index (χ4v) is 3.54. The molecule has 0 spiro atoms. The van der Waals surface area contributed by atoms with E-state index in [0.29, 0.717) is 11.8 Å². The molecular weight excluding hydrogens is 242 g/mol. The minimum Gasteiger partial charge on any atom is -0.323 e. The topological polar surface area (TPSA) is 20.3 Å². The van der Waals surface area contributed by atoms with E-state index >= 15 is 0 Å². The Morgan fingerprint density at radius 2 is 2.19 bits per heavy atom. The zero-order valence-corrected chi connectivity index (χ0v) is 10.3. The first kappa shape index (κ1) is 10.5. The number of hydrogen-bond donors (Lipinski definition) is 0. The molecule has 1 aliphatic carbocycles. The Bertz CT molecular complexity index is 433. The van der Waals surface area contributed by atoms with Crippen LogP contribution >= 0.6 is 23.4 Å². The minimum absolute atomic E-state index is 0.179. The Morgan fingerprint density at radius 1 is 1.38 bits per heavy atom. The number of halogens is 1. The lowest BCUT2D eigenvalue weighted by Crippen LogP contribution is -2.30. The van der Waals surface area contributed by atoms with Crippen LogP contribution in [0.25, 0.3) is 0 Å². The molecule has 0 bridgehead atoms. The van der Waals surface area contributed by atoms with Crippen LogP contribution in [0.2, 0.25) is 5.02 Å². The van der Waals surface area contributed by atoms with Gasteiger partial charge in [-0.3, -0.25) is 4.79 Å². The van der Waals surface area contributed by atoms with Crippen molar-refractivity contribution in [2.24, 2.45) is 0 Å². The molecule has 1 saturated carbocycles. The maximum Gasteiger partial charge on any atom is 0.234 e. The monoisotopic (exact) mass is 253 g/mol. The normalized spacial score (nSPS) is 25.2. The zero-order chi connectivity index (χ0) is 11.1. The van der Waals surface area contributed by atoms with E-state index < -0.39 is 0 Å². The van der Waals surface area contributed by atoms with Crippen molar-refractivity contribution in [3.05, 3.63) is 34.9 Å². The van der Waals surface area contributed by atoms with Gasteiger partial charge < -0.3 is 4.90 Å². The fraction of sp³-hybridized carbons (Fsp3) is 0.417. The van der Waals surface area contributed by atoms with E-state index in [-0.39, 0.29) is 11.3 Å². The van der Waals surface area contributed by atoms with Crippen molar-refractivity contribution in [1.29, 1.82) is 0 Å². The first-order valence-corrected chi connectivity index (χ1v) is 6.86. The summed E-state index contributed by atoms with van der Waals surface area (Å²) in [6.45, 7) is 0. The third kappa shape index (κ3) is 1.82. The van der Waals surface area contributed by atoms with E-state index in [1.807, 2.05) is 23.1 Å². The molecule has 1 atom stereocenters. The second-order valence-corrected chi connectivity index (χ2v) is 5.76. The molecule has 4 heteroatoms. The molecular formula is C12H12ClNOS. The SMILES string of the molecule is O=C1CS[C@H](c2cccc(Cl)c2)N1C1CC1. The number of carbonyl (C=O) groups excluding carboxylic acids is 1. The summed E-state index contributed by atoms with van der Waals surface area (Å²) in [5, 5.41) is 0.923. The number of benzene rings is 1. The molecule has 1 heterocycles. The minimum atomic E-state index is 0.179. The molecule has 16 heavy (non-hydrogen) atoms. The lowest BCUT2D eigenvalue weighted by Gasteiger charge is -2.24. The van der Waals surface area contributed by atoms with Crippen molar-refractivity contribution in [3.8, 4) is 0 Å². The highest BCUT2D eigenvalue weighted by Gasteiger charge is 2.42. The largest absolute Gasteiger partial charge is 0.323 e. The highest BCUT2D eigenvalue weighted by Crippen LogP contribution is 2.45. The predicted molar refractivity (Wildman–Crippen MR) is 66.5 cm³/mol. The van der Waals surface area contributed by atoms with Gasteiger partial charge in [0.25, 0.3) is 0 Å². The fourth-order valence-electron chi connectivity index (χ4n) is 2.10. The smallest absolute Gasteiger partial charge is 0.234 e. The summed E-state index contributed by atoms with van der Waals surface area (Å²) in [5.74, 6) is 0.880. The van der Waals surface area contributed by atoms with E-state index in [9.17, 15) is 4.79 Å². The van der Waals surface area contributed by atoms with Gasteiger partial charge in [-0.2, -0.15) is 0 Å². The maximum absolute atomic E-state index is 11.8. The standard InChI is InChI=1S/C12H12ClNOS/c13-9-3-1-2-8(6-9)12-14(10-4-5-10)11(15)7-16-12/h1-3,6,10,12H,4-5,7H2/t12-/m1/s1. The van der Waals surface area contributed by atoms with Crippen molar-refractivity contribution in [2.45, 2.75) is 24.3 Å². The second-order valence-electron chi connectivity index (χ2n) is 4.25. The first-order chi connectivity index (χ1) is 7.75. The van der Waals surface area contributed by atoms with E-state index in [0.717, 1.165) is 23.4 Å². The van der Waals surface area contributed by atoms with Gasteiger partial charge in [0.15, 0.2) is 0 Å². The van der Waals surface area contributed by atoms with Crippen LogP contribution in [0, 0.1) is 0 Å². The van der Waals surface area contributed by atoms with Crippen LogP contribution in [0.4, 0.5) is 0 Å². The maximum atomic E-state index is 11.8. The summed E-state index contributed by atoms with van der Waals surface area (Å²) in [4.78, 5) is 13.8. The number of hydrogen-bond acceptors (Lipinski definition) is 2. The third-order valence-electron chi connectivity index (χ3n) is 2.98. The lowest BCUT2D eigenvalue weighted by molar-refractivity contribution is -0.128. The highest BCUT2D eigenvalue weighted by molar-refractivity contribution is 8.00. The molecule has 2 fully saturated rings. The third-order valence-corrected chi connectivity index (χ3v) is 4.44. The average Bonchev–Trinajstić information content (AvgIpc) is 3.02. The molecule has 1 saturated heterocycles. The molecule has 0 N–H and O–H groups in total. The van der Waals surface area contributed by atoms with Crippen LogP contribution in [0.5, 0.6) is 0 Å². The zero-order valence-electron chi connectivity index (χ0n) is 8.73. The van der Waals surface area contributed by atoms with E-state index in [4.69, 9.17) is 11.6 Å². The van der Waals surface area contributed by atoms with Gasteiger partial charge in [-0.15, -0.1) is 11.8 Å². The van der Waals surface area contributed by atoms with Crippen molar-refractivity contribution in [3.63, 3.8) is 0 Å². The van der Waals surface area contributed by atoms with Gasteiger partial charge >= 0.3 is 0 Å². The molecule has 1 aromatic rings. The summed E-state index contributed by atoms with van der Waals surface area (Å²) in [5.41, 5.74) is 1.15. The Kier molecular flexibility index (Phi) is 2.60. The number of nitrogens with zero attached hydrogens (tertiary/aromatic N) is 1. The molecule has 2 nitrogen and oxygen atoms in total. The molecule has 1 aromatic carbocycles. The average molecular weight is 254 g/mol. The summed E-state index contributed by atoms with van der Waals surface area (Å²) in [7, 11) is 0. The van der Waals surface area contributed by atoms with Crippen molar-refractivity contribution in [2.75, 3.05) is 5.75 Å². The first-order valence-electron chi connectivity index (χ1n) is 5.44. The second kappa shape index (κ2) is 3.97. The van der Waals surface area contributed by atoms with E-state index in [2.05, 4.69) is 6.07 Å².